The molecule has 1 aliphatic rings. The van der Waals surface area contributed by atoms with Gasteiger partial charge in [-0.3, -0.25) is 0 Å². The van der Waals surface area contributed by atoms with Crippen molar-refractivity contribution in [1.29, 1.82) is 0 Å². The molecule has 0 saturated carbocycles. The number of pyridine rings is 1. The highest BCUT2D eigenvalue weighted by molar-refractivity contribution is 5.86. The summed E-state index contributed by atoms with van der Waals surface area (Å²) in [6.45, 7) is 7.49. The molecule has 10 heteroatoms. The minimum absolute atomic E-state index is 0.0443. The normalized spacial score (nSPS) is 16.8. The molecule has 0 unspecified atom stereocenters. The maximum absolute atomic E-state index is 10.0. The van der Waals surface area contributed by atoms with Crippen LogP contribution in [0.5, 0.6) is 5.88 Å². The largest absolute Gasteiger partial charge is 0.473 e. The zero-order valence-corrected chi connectivity index (χ0v) is 16.6. The lowest BCUT2D eigenvalue weighted by Gasteiger charge is -2.12. The van der Waals surface area contributed by atoms with Gasteiger partial charge < -0.3 is 25.5 Å². The average Bonchev–Trinajstić information content (AvgIpc) is 3.38. The molecule has 3 aromatic heterocycles. The minimum atomic E-state index is -1.17. The van der Waals surface area contributed by atoms with E-state index in [0.717, 1.165) is 25.0 Å². The first kappa shape index (κ1) is 19.2. The van der Waals surface area contributed by atoms with Crippen LogP contribution in [0.4, 0.5) is 5.82 Å². The lowest BCUT2D eigenvalue weighted by atomic mass is 10.1. The molecule has 4 N–H and O–H groups in total. The van der Waals surface area contributed by atoms with Gasteiger partial charge in [-0.2, -0.15) is 0 Å². The third kappa shape index (κ3) is 3.87. The van der Waals surface area contributed by atoms with Crippen molar-refractivity contribution in [3.8, 4) is 29.2 Å². The zero-order valence-electron chi connectivity index (χ0n) is 16.6. The van der Waals surface area contributed by atoms with E-state index in [0.29, 0.717) is 35.2 Å². The van der Waals surface area contributed by atoms with Crippen molar-refractivity contribution in [1.82, 2.24) is 30.2 Å². The summed E-state index contributed by atoms with van der Waals surface area (Å²) in [5.41, 5.74) is 6.82. The molecule has 0 aliphatic carbocycles. The van der Waals surface area contributed by atoms with Crippen molar-refractivity contribution in [2.75, 3.05) is 18.8 Å². The molecule has 4 rings (SSSR count). The Balaban J connectivity index is 1.90. The number of hydrogen-bond acceptors (Lipinski definition) is 9. The molecular weight excluding hydrogens is 374 g/mol. The highest BCUT2D eigenvalue weighted by Gasteiger charge is 2.23. The van der Waals surface area contributed by atoms with Gasteiger partial charge in [0.05, 0.1) is 5.52 Å². The third-order valence-electron chi connectivity index (χ3n) is 4.54. The number of rotatable bonds is 4. The molecule has 0 radical (unpaired) electrons. The number of nitrogens with zero attached hydrogens (tertiary/aromatic N) is 5. The van der Waals surface area contributed by atoms with E-state index in [-0.39, 0.29) is 11.9 Å². The number of aryl methyl sites for hydroxylation is 1. The van der Waals surface area contributed by atoms with Gasteiger partial charge in [0.25, 0.3) is 0 Å². The molecule has 0 bridgehead atoms. The van der Waals surface area contributed by atoms with E-state index < -0.39 is 5.60 Å². The molecule has 29 heavy (non-hydrogen) atoms. The van der Waals surface area contributed by atoms with Crippen LogP contribution in [-0.2, 0) is 6.54 Å². The molecule has 0 amide bonds. The number of nitrogens with one attached hydrogen (secondary N) is 1. The Kier molecular flexibility index (Phi) is 4.86. The van der Waals surface area contributed by atoms with E-state index in [1.807, 2.05) is 17.6 Å². The van der Waals surface area contributed by atoms with E-state index in [1.54, 1.807) is 13.8 Å². The quantitative estimate of drug-likeness (QED) is 0.549. The third-order valence-corrected chi connectivity index (χ3v) is 4.54. The standard InChI is InChI=1S/C19H23N7O3/c1-4-26-13-9-14(28-11-6-8-21-10-11)22-12(5-7-19(2,3)27)15(13)23-18(26)16-17(20)25-29-24-16/h9,11,21,27H,4,6,8,10H2,1-3H3,(H2,20,25)/t11-/m1/s1. The predicted molar refractivity (Wildman–Crippen MR) is 106 cm³/mol. The highest BCUT2D eigenvalue weighted by atomic mass is 16.6. The molecule has 4 heterocycles. The summed E-state index contributed by atoms with van der Waals surface area (Å²) in [6, 6.07) is 1.84. The summed E-state index contributed by atoms with van der Waals surface area (Å²) in [5.74, 6) is 6.86. The maximum atomic E-state index is 10.0. The molecule has 3 aromatic rings. The molecule has 1 saturated heterocycles. The summed E-state index contributed by atoms with van der Waals surface area (Å²) >= 11 is 0. The lowest BCUT2D eigenvalue weighted by Crippen LogP contribution is -2.20. The topological polar surface area (TPSA) is 137 Å². The van der Waals surface area contributed by atoms with Gasteiger partial charge in [-0.25, -0.2) is 14.6 Å². The van der Waals surface area contributed by atoms with E-state index in [9.17, 15) is 5.11 Å². The van der Waals surface area contributed by atoms with Crippen molar-refractivity contribution in [2.24, 2.45) is 0 Å². The minimum Gasteiger partial charge on any atom is -0.473 e. The van der Waals surface area contributed by atoms with Crippen LogP contribution in [0.3, 0.4) is 0 Å². The molecule has 152 valence electrons. The summed E-state index contributed by atoms with van der Waals surface area (Å²) in [4.78, 5) is 9.22. The summed E-state index contributed by atoms with van der Waals surface area (Å²) in [7, 11) is 0. The van der Waals surface area contributed by atoms with Crippen molar-refractivity contribution in [3.63, 3.8) is 0 Å². The zero-order chi connectivity index (χ0) is 20.6. The summed E-state index contributed by atoms with van der Waals surface area (Å²) in [6.07, 6.45) is 0.951. The van der Waals surface area contributed by atoms with Gasteiger partial charge in [-0.15, -0.1) is 0 Å². The van der Waals surface area contributed by atoms with Gasteiger partial charge in [-0.05, 0) is 50.0 Å². The van der Waals surface area contributed by atoms with Crippen molar-refractivity contribution >= 4 is 16.9 Å². The Hall–Kier alpha value is -3.16. The average molecular weight is 397 g/mol. The second-order valence-electron chi connectivity index (χ2n) is 7.40. The number of ether oxygens (including phenoxy) is 1. The van der Waals surface area contributed by atoms with Crippen LogP contribution >= 0.6 is 0 Å². The number of aliphatic hydroxyl groups is 1. The van der Waals surface area contributed by atoms with Crippen LogP contribution in [0.15, 0.2) is 10.7 Å². The first-order valence-corrected chi connectivity index (χ1v) is 9.48. The molecule has 10 nitrogen and oxygen atoms in total. The fourth-order valence-electron chi connectivity index (χ4n) is 3.21. The fraction of sp³-hybridized carbons (Fsp3) is 0.474. The van der Waals surface area contributed by atoms with Crippen LogP contribution < -0.4 is 15.8 Å². The van der Waals surface area contributed by atoms with Crippen molar-refractivity contribution in [2.45, 2.75) is 45.4 Å². The number of nitrogen functional groups attached to an aromatic ring is 1. The Bertz CT molecular complexity index is 1090. The molecule has 0 aromatic carbocycles. The Labute approximate surface area is 167 Å². The molecular formula is C19H23N7O3. The first-order chi connectivity index (χ1) is 13.9. The number of hydrogen-bond donors (Lipinski definition) is 3. The van der Waals surface area contributed by atoms with Crippen LogP contribution in [-0.4, -0.2) is 54.7 Å². The number of imidazole rings is 1. The molecule has 1 atom stereocenters. The maximum Gasteiger partial charge on any atom is 0.217 e. The van der Waals surface area contributed by atoms with E-state index in [4.69, 9.17) is 15.1 Å². The molecule has 1 aliphatic heterocycles. The van der Waals surface area contributed by atoms with E-state index >= 15 is 0 Å². The van der Waals surface area contributed by atoms with Crippen LogP contribution in [0.1, 0.15) is 32.9 Å². The second kappa shape index (κ2) is 7.35. The monoisotopic (exact) mass is 397 g/mol. The van der Waals surface area contributed by atoms with E-state index in [2.05, 4.69) is 37.4 Å². The van der Waals surface area contributed by atoms with Crippen molar-refractivity contribution < 1.29 is 14.5 Å². The number of aromatic nitrogens is 5. The Morgan fingerprint density at radius 1 is 1.41 bits per heavy atom. The summed E-state index contributed by atoms with van der Waals surface area (Å²) < 4.78 is 12.7. The SMILES string of the molecule is CCn1c(-c2nonc2N)nc2c(C#CC(C)(C)O)nc(O[C@@H]3CCNC3)cc21. The number of anilines is 1. The van der Waals surface area contributed by atoms with Gasteiger partial charge >= 0.3 is 0 Å². The van der Waals surface area contributed by atoms with E-state index in [1.165, 1.54) is 0 Å². The van der Waals surface area contributed by atoms with Gasteiger partial charge in [0.1, 0.15) is 22.9 Å². The summed E-state index contributed by atoms with van der Waals surface area (Å²) in [5, 5.41) is 20.8. The smallest absolute Gasteiger partial charge is 0.217 e. The predicted octanol–water partition coefficient (Wildman–Crippen LogP) is 0.947. The highest BCUT2D eigenvalue weighted by Crippen LogP contribution is 2.30. The second-order valence-corrected chi connectivity index (χ2v) is 7.40. The lowest BCUT2D eigenvalue weighted by molar-refractivity contribution is 0.143. The molecule has 0 spiro atoms. The van der Waals surface area contributed by atoms with Gasteiger partial charge in [0, 0.05) is 19.2 Å². The first-order valence-electron chi connectivity index (χ1n) is 9.48. The number of fused-ring (bicyclic) bond motifs is 1. The van der Waals surface area contributed by atoms with Gasteiger partial charge in [0.2, 0.25) is 5.88 Å². The van der Waals surface area contributed by atoms with Gasteiger partial charge in [0.15, 0.2) is 17.3 Å². The van der Waals surface area contributed by atoms with Crippen LogP contribution in [0.2, 0.25) is 0 Å². The van der Waals surface area contributed by atoms with Crippen LogP contribution in [0.25, 0.3) is 22.6 Å². The van der Waals surface area contributed by atoms with Crippen LogP contribution in [0, 0.1) is 11.8 Å². The fourth-order valence-corrected chi connectivity index (χ4v) is 3.21. The van der Waals surface area contributed by atoms with Gasteiger partial charge in [-0.1, -0.05) is 5.92 Å². The number of nitrogens with two attached hydrogens (primary N) is 1. The Morgan fingerprint density at radius 2 is 2.24 bits per heavy atom. The molecule has 1 fully saturated rings. The van der Waals surface area contributed by atoms with Crippen molar-refractivity contribution in [3.05, 3.63) is 11.8 Å². The Morgan fingerprint density at radius 3 is 2.86 bits per heavy atom.